The molecule has 132 valence electrons. The molecule has 4 rings (SSSR count). The summed E-state index contributed by atoms with van der Waals surface area (Å²) in [5.41, 5.74) is 2.09. The van der Waals surface area contributed by atoms with Crippen LogP contribution >= 0.6 is 0 Å². The third-order valence-corrected chi connectivity index (χ3v) is 4.38. The zero-order valence-electron chi connectivity index (χ0n) is 14.3. The fourth-order valence-electron chi connectivity index (χ4n) is 2.99. The summed E-state index contributed by atoms with van der Waals surface area (Å²) in [5.74, 6) is 0.605. The number of anilines is 1. The van der Waals surface area contributed by atoms with Gasteiger partial charge in [-0.2, -0.15) is 0 Å². The smallest absolute Gasteiger partial charge is 0.255 e. The first kappa shape index (κ1) is 16.3. The summed E-state index contributed by atoms with van der Waals surface area (Å²) in [6, 6.07) is 7.12. The maximum absolute atomic E-state index is 12.4. The molecule has 0 spiro atoms. The van der Waals surface area contributed by atoms with Gasteiger partial charge in [0.15, 0.2) is 0 Å². The van der Waals surface area contributed by atoms with Crippen LogP contribution in [-0.4, -0.2) is 44.2 Å². The van der Waals surface area contributed by atoms with Crippen LogP contribution in [0.3, 0.4) is 0 Å². The second kappa shape index (κ2) is 7.01. The summed E-state index contributed by atoms with van der Waals surface area (Å²) in [6.07, 6.45) is 6.49. The predicted octanol–water partition coefficient (Wildman–Crippen LogP) is 1.21. The number of aromatic nitrogens is 5. The van der Waals surface area contributed by atoms with Crippen LogP contribution in [0.25, 0.3) is 11.4 Å². The maximum atomic E-state index is 12.4. The lowest BCUT2D eigenvalue weighted by Crippen LogP contribution is -2.41. The van der Waals surface area contributed by atoms with E-state index in [2.05, 4.69) is 24.8 Å². The van der Waals surface area contributed by atoms with Crippen LogP contribution in [0.15, 0.2) is 54.0 Å². The van der Waals surface area contributed by atoms with Crippen molar-refractivity contribution >= 4 is 5.95 Å². The molecule has 8 heteroatoms. The van der Waals surface area contributed by atoms with Gasteiger partial charge in [-0.15, -0.1) is 0 Å². The minimum Gasteiger partial charge on any atom is -0.370 e. The Morgan fingerprint density at radius 1 is 1.12 bits per heavy atom. The van der Waals surface area contributed by atoms with Gasteiger partial charge in [-0.25, -0.2) is 15.0 Å². The summed E-state index contributed by atoms with van der Waals surface area (Å²) in [6.45, 7) is 1.83. The Hall–Kier alpha value is -3.13. The highest BCUT2D eigenvalue weighted by Crippen LogP contribution is 2.25. The number of ether oxygens (including phenoxy) is 1. The number of hydrogen-bond donors (Lipinski definition) is 0. The summed E-state index contributed by atoms with van der Waals surface area (Å²) in [7, 11) is 1.73. The van der Waals surface area contributed by atoms with E-state index in [0.29, 0.717) is 37.0 Å². The lowest BCUT2D eigenvalue weighted by Gasteiger charge is -2.34. The van der Waals surface area contributed by atoms with E-state index in [1.165, 1.54) is 12.4 Å². The minimum atomic E-state index is -0.129. The molecule has 1 atom stereocenters. The minimum absolute atomic E-state index is 0.0913. The molecule has 0 N–H and O–H groups in total. The van der Waals surface area contributed by atoms with Gasteiger partial charge in [0.2, 0.25) is 5.95 Å². The van der Waals surface area contributed by atoms with Crippen molar-refractivity contribution in [3.8, 4) is 11.4 Å². The van der Waals surface area contributed by atoms with Crippen molar-refractivity contribution in [2.45, 2.75) is 6.10 Å². The first-order valence-corrected chi connectivity index (χ1v) is 8.33. The average molecular weight is 350 g/mol. The number of pyridine rings is 1. The topological polar surface area (TPSA) is 86.0 Å². The molecule has 0 amide bonds. The SMILES string of the molecule is Cn1c(N2CCOC(c3ccncc3)C2)nc(-c2ccncn2)cc1=O. The molecule has 1 fully saturated rings. The molecular formula is C18H18N6O2. The van der Waals surface area contributed by atoms with E-state index in [1.54, 1.807) is 36.3 Å². The molecular weight excluding hydrogens is 332 g/mol. The van der Waals surface area contributed by atoms with Gasteiger partial charge in [-0.1, -0.05) is 0 Å². The third kappa shape index (κ3) is 3.18. The monoisotopic (exact) mass is 350 g/mol. The number of rotatable bonds is 3. The fraction of sp³-hybridized carbons (Fsp3) is 0.278. The summed E-state index contributed by atoms with van der Waals surface area (Å²) in [5, 5.41) is 0. The molecule has 1 saturated heterocycles. The van der Waals surface area contributed by atoms with Crippen molar-refractivity contribution in [3.05, 3.63) is 65.1 Å². The number of hydrogen-bond acceptors (Lipinski definition) is 7. The normalized spacial score (nSPS) is 17.3. The molecule has 1 aliphatic heterocycles. The number of morpholine rings is 1. The number of nitrogens with zero attached hydrogens (tertiary/aromatic N) is 6. The zero-order valence-corrected chi connectivity index (χ0v) is 14.3. The Morgan fingerprint density at radius 2 is 1.92 bits per heavy atom. The van der Waals surface area contributed by atoms with Crippen molar-refractivity contribution < 1.29 is 4.74 Å². The quantitative estimate of drug-likeness (QED) is 0.702. The highest BCUT2D eigenvalue weighted by Gasteiger charge is 2.25. The van der Waals surface area contributed by atoms with E-state index in [0.717, 1.165) is 5.56 Å². The lowest BCUT2D eigenvalue weighted by molar-refractivity contribution is 0.0389. The standard InChI is InChI=1S/C18H18N6O2/c1-23-17(25)10-15(14-4-7-20-12-21-14)22-18(23)24-8-9-26-16(11-24)13-2-5-19-6-3-13/h2-7,10,12,16H,8-9,11H2,1H3. The highest BCUT2D eigenvalue weighted by atomic mass is 16.5. The van der Waals surface area contributed by atoms with Gasteiger partial charge in [0.1, 0.15) is 12.4 Å². The molecule has 3 aromatic rings. The summed E-state index contributed by atoms with van der Waals surface area (Å²) in [4.78, 5) is 31.4. The van der Waals surface area contributed by atoms with Crippen LogP contribution in [0.4, 0.5) is 5.95 Å². The lowest BCUT2D eigenvalue weighted by atomic mass is 10.1. The molecule has 3 aromatic heterocycles. The Kier molecular flexibility index (Phi) is 4.40. The molecule has 0 aliphatic carbocycles. The molecule has 1 unspecified atom stereocenters. The van der Waals surface area contributed by atoms with Crippen molar-refractivity contribution in [1.82, 2.24) is 24.5 Å². The van der Waals surface area contributed by atoms with E-state index in [1.807, 2.05) is 12.1 Å². The molecule has 26 heavy (non-hydrogen) atoms. The van der Waals surface area contributed by atoms with Crippen molar-refractivity contribution in [2.24, 2.45) is 7.05 Å². The average Bonchev–Trinajstić information content (AvgIpc) is 2.71. The van der Waals surface area contributed by atoms with Crippen LogP contribution in [0.1, 0.15) is 11.7 Å². The Labute approximate surface area is 150 Å². The van der Waals surface area contributed by atoms with Gasteiger partial charge in [-0.05, 0) is 23.8 Å². The van der Waals surface area contributed by atoms with E-state index in [4.69, 9.17) is 4.74 Å². The van der Waals surface area contributed by atoms with Gasteiger partial charge in [-0.3, -0.25) is 14.3 Å². The van der Waals surface area contributed by atoms with Crippen molar-refractivity contribution in [3.63, 3.8) is 0 Å². The fourth-order valence-corrected chi connectivity index (χ4v) is 2.99. The maximum Gasteiger partial charge on any atom is 0.255 e. The molecule has 8 nitrogen and oxygen atoms in total. The van der Waals surface area contributed by atoms with Crippen molar-refractivity contribution in [1.29, 1.82) is 0 Å². The van der Waals surface area contributed by atoms with Gasteiger partial charge in [0.05, 0.1) is 24.5 Å². The molecule has 1 aliphatic rings. The first-order chi connectivity index (χ1) is 12.7. The second-order valence-corrected chi connectivity index (χ2v) is 6.02. The summed E-state index contributed by atoms with van der Waals surface area (Å²) < 4.78 is 7.45. The van der Waals surface area contributed by atoms with Crippen molar-refractivity contribution in [2.75, 3.05) is 24.6 Å². The van der Waals surface area contributed by atoms with Crippen LogP contribution in [-0.2, 0) is 11.8 Å². The summed E-state index contributed by atoms with van der Waals surface area (Å²) >= 11 is 0. The van der Waals surface area contributed by atoms with Crippen LogP contribution in [0, 0.1) is 0 Å². The van der Waals surface area contributed by atoms with E-state index < -0.39 is 0 Å². The highest BCUT2D eigenvalue weighted by molar-refractivity contribution is 5.55. The van der Waals surface area contributed by atoms with Gasteiger partial charge < -0.3 is 9.64 Å². The largest absolute Gasteiger partial charge is 0.370 e. The third-order valence-electron chi connectivity index (χ3n) is 4.38. The van der Waals surface area contributed by atoms with Gasteiger partial charge >= 0.3 is 0 Å². The van der Waals surface area contributed by atoms with E-state index >= 15 is 0 Å². The van der Waals surface area contributed by atoms with Crippen LogP contribution in [0.2, 0.25) is 0 Å². The van der Waals surface area contributed by atoms with Crippen LogP contribution in [0.5, 0.6) is 0 Å². The predicted molar refractivity (Wildman–Crippen MR) is 95.6 cm³/mol. The van der Waals surface area contributed by atoms with E-state index in [9.17, 15) is 4.79 Å². The molecule has 0 radical (unpaired) electrons. The van der Waals surface area contributed by atoms with Crippen LogP contribution < -0.4 is 10.5 Å². The van der Waals surface area contributed by atoms with E-state index in [-0.39, 0.29) is 11.7 Å². The molecule has 0 saturated carbocycles. The Balaban J connectivity index is 1.68. The molecule has 4 heterocycles. The van der Waals surface area contributed by atoms with Gasteiger partial charge in [0, 0.05) is 38.2 Å². The molecule has 0 bridgehead atoms. The molecule has 0 aromatic carbocycles. The second-order valence-electron chi connectivity index (χ2n) is 6.02. The zero-order chi connectivity index (χ0) is 17.9. The van der Waals surface area contributed by atoms with Gasteiger partial charge in [0.25, 0.3) is 5.56 Å². The Bertz CT molecular complexity index is 945. The first-order valence-electron chi connectivity index (χ1n) is 8.33. The Morgan fingerprint density at radius 3 is 2.69 bits per heavy atom.